The van der Waals surface area contributed by atoms with E-state index in [1.165, 1.54) is 0 Å². The molecule has 1 amide bonds. The summed E-state index contributed by atoms with van der Waals surface area (Å²) in [6.45, 7) is 3.25. The summed E-state index contributed by atoms with van der Waals surface area (Å²) in [5.41, 5.74) is 0.118. The Morgan fingerprint density at radius 3 is 2.52 bits per heavy atom. The van der Waals surface area contributed by atoms with Crippen LogP contribution in [0, 0.1) is 0 Å². The van der Waals surface area contributed by atoms with Crippen LogP contribution in [-0.2, 0) is 19.6 Å². The summed E-state index contributed by atoms with van der Waals surface area (Å²) in [5, 5.41) is 6.04. The molecule has 0 aromatic heterocycles. The fourth-order valence-electron chi connectivity index (χ4n) is 2.76. The van der Waals surface area contributed by atoms with Crippen LogP contribution in [0.2, 0.25) is 0 Å². The quantitative estimate of drug-likeness (QED) is 0.660. The molecule has 0 bridgehead atoms. The zero-order chi connectivity index (χ0) is 17.6. The van der Waals surface area contributed by atoms with Gasteiger partial charge in [-0.15, -0.1) is 12.4 Å². The second-order valence-corrected chi connectivity index (χ2v) is 7.75. The van der Waals surface area contributed by atoms with Gasteiger partial charge in [0, 0.05) is 12.8 Å². The van der Waals surface area contributed by atoms with Crippen molar-refractivity contribution in [2.75, 3.05) is 36.0 Å². The van der Waals surface area contributed by atoms with Crippen molar-refractivity contribution in [3.05, 3.63) is 24.3 Å². The van der Waals surface area contributed by atoms with Crippen molar-refractivity contribution in [1.29, 1.82) is 0 Å². The van der Waals surface area contributed by atoms with Gasteiger partial charge in [-0.25, -0.2) is 8.42 Å². The van der Waals surface area contributed by atoms with Gasteiger partial charge in [0.05, 0.1) is 11.4 Å². The third-order valence-corrected chi connectivity index (χ3v) is 5.57. The average Bonchev–Trinajstić information content (AvgIpc) is 2.55. The SMILES string of the molecule is CCCS(=O)(=O)Nc1cccc(NC(=O)C2(OC)CCNCC2)c1.Cl. The molecule has 25 heavy (non-hydrogen) atoms. The third-order valence-electron chi connectivity index (χ3n) is 4.08. The number of anilines is 2. The molecule has 7 nitrogen and oxygen atoms in total. The lowest BCUT2D eigenvalue weighted by atomic mass is 9.91. The average molecular weight is 392 g/mol. The van der Waals surface area contributed by atoms with Crippen LogP contribution in [0.15, 0.2) is 24.3 Å². The van der Waals surface area contributed by atoms with E-state index in [0.717, 1.165) is 13.1 Å². The van der Waals surface area contributed by atoms with Crippen molar-refractivity contribution < 1.29 is 17.9 Å². The van der Waals surface area contributed by atoms with Crippen LogP contribution < -0.4 is 15.4 Å². The molecule has 1 aromatic carbocycles. The van der Waals surface area contributed by atoms with Crippen LogP contribution in [0.25, 0.3) is 0 Å². The van der Waals surface area contributed by atoms with Gasteiger partial charge in [0.15, 0.2) is 0 Å². The molecule has 0 radical (unpaired) electrons. The van der Waals surface area contributed by atoms with Gasteiger partial charge < -0.3 is 15.4 Å². The smallest absolute Gasteiger partial charge is 0.256 e. The molecule has 1 aromatic rings. The summed E-state index contributed by atoms with van der Waals surface area (Å²) >= 11 is 0. The van der Waals surface area contributed by atoms with Gasteiger partial charge in [-0.2, -0.15) is 0 Å². The number of sulfonamides is 1. The van der Waals surface area contributed by atoms with E-state index < -0.39 is 15.6 Å². The Kier molecular flexibility index (Phi) is 8.14. The number of methoxy groups -OCH3 is 1. The number of carbonyl (C=O) groups is 1. The maximum absolute atomic E-state index is 12.6. The molecule has 9 heteroatoms. The van der Waals surface area contributed by atoms with E-state index in [4.69, 9.17) is 4.74 Å². The number of nitrogens with one attached hydrogen (secondary N) is 3. The van der Waals surface area contributed by atoms with Gasteiger partial charge in [-0.3, -0.25) is 9.52 Å². The Bertz CT molecular complexity index is 676. The van der Waals surface area contributed by atoms with Gasteiger partial charge in [-0.05, 0) is 50.6 Å². The van der Waals surface area contributed by atoms with Gasteiger partial charge in [0.1, 0.15) is 5.60 Å². The molecule has 0 saturated carbocycles. The topological polar surface area (TPSA) is 96.5 Å². The first kappa shape index (κ1) is 21.7. The minimum absolute atomic E-state index is 0. The zero-order valence-electron chi connectivity index (χ0n) is 14.5. The number of rotatable bonds is 7. The first-order chi connectivity index (χ1) is 11.4. The van der Waals surface area contributed by atoms with Crippen molar-refractivity contribution in [3.8, 4) is 0 Å². The van der Waals surface area contributed by atoms with Crippen LogP contribution in [0.3, 0.4) is 0 Å². The van der Waals surface area contributed by atoms with Crippen LogP contribution in [-0.4, -0.2) is 45.9 Å². The van der Waals surface area contributed by atoms with Crippen molar-refractivity contribution in [3.63, 3.8) is 0 Å². The molecule has 1 saturated heterocycles. The number of piperidine rings is 1. The van der Waals surface area contributed by atoms with Crippen LogP contribution in [0.1, 0.15) is 26.2 Å². The van der Waals surface area contributed by atoms with E-state index in [9.17, 15) is 13.2 Å². The van der Waals surface area contributed by atoms with E-state index in [2.05, 4.69) is 15.4 Å². The molecule has 1 heterocycles. The number of ether oxygens (including phenoxy) is 1. The largest absolute Gasteiger partial charge is 0.368 e. The summed E-state index contributed by atoms with van der Waals surface area (Å²) in [6.07, 6.45) is 1.73. The number of benzene rings is 1. The highest BCUT2D eigenvalue weighted by molar-refractivity contribution is 7.92. The van der Waals surface area contributed by atoms with E-state index in [1.54, 1.807) is 38.3 Å². The minimum atomic E-state index is -3.36. The van der Waals surface area contributed by atoms with Gasteiger partial charge in [0.2, 0.25) is 10.0 Å². The summed E-state index contributed by atoms with van der Waals surface area (Å²) in [5.74, 6) is -0.149. The molecule has 1 aliphatic rings. The lowest BCUT2D eigenvalue weighted by Crippen LogP contribution is -2.51. The zero-order valence-corrected chi connectivity index (χ0v) is 16.1. The number of carbonyl (C=O) groups excluding carboxylic acids is 1. The van der Waals surface area contributed by atoms with Crippen molar-refractivity contribution in [2.45, 2.75) is 31.8 Å². The summed E-state index contributed by atoms with van der Waals surface area (Å²) < 4.78 is 31.7. The number of hydrogen-bond donors (Lipinski definition) is 3. The Balaban J connectivity index is 0.00000312. The Morgan fingerprint density at radius 2 is 1.92 bits per heavy atom. The van der Waals surface area contributed by atoms with Crippen molar-refractivity contribution >= 4 is 39.7 Å². The molecule has 2 rings (SSSR count). The molecule has 1 fully saturated rings. The number of halogens is 1. The maximum Gasteiger partial charge on any atom is 0.256 e. The highest BCUT2D eigenvalue weighted by Gasteiger charge is 2.39. The molecule has 0 spiro atoms. The molecule has 0 atom stereocenters. The molecule has 142 valence electrons. The molecular weight excluding hydrogens is 366 g/mol. The van der Waals surface area contributed by atoms with Crippen LogP contribution in [0.4, 0.5) is 11.4 Å². The molecule has 1 aliphatic heterocycles. The minimum Gasteiger partial charge on any atom is -0.368 e. The first-order valence-corrected chi connectivity index (χ1v) is 9.74. The fourth-order valence-corrected chi connectivity index (χ4v) is 3.88. The predicted octanol–water partition coefficient (Wildman–Crippen LogP) is 1.97. The normalized spacial score (nSPS) is 16.6. The Hall–Kier alpha value is -1.35. The summed E-state index contributed by atoms with van der Waals surface area (Å²) in [6, 6.07) is 6.68. The summed E-state index contributed by atoms with van der Waals surface area (Å²) in [7, 11) is -1.82. The Morgan fingerprint density at radius 1 is 1.28 bits per heavy atom. The molecule has 0 unspecified atom stereocenters. The molecule has 3 N–H and O–H groups in total. The highest BCUT2D eigenvalue weighted by atomic mass is 35.5. The Labute approximate surface area is 155 Å². The highest BCUT2D eigenvalue weighted by Crippen LogP contribution is 2.25. The van der Waals surface area contributed by atoms with Crippen LogP contribution >= 0.6 is 12.4 Å². The fraction of sp³-hybridized carbons (Fsp3) is 0.562. The lowest BCUT2D eigenvalue weighted by molar-refractivity contribution is -0.140. The third kappa shape index (κ3) is 5.85. The van der Waals surface area contributed by atoms with Gasteiger partial charge in [0.25, 0.3) is 5.91 Å². The van der Waals surface area contributed by atoms with E-state index >= 15 is 0 Å². The number of hydrogen-bond acceptors (Lipinski definition) is 5. The lowest BCUT2D eigenvalue weighted by Gasteiger charge is -2.34. The second kappa shape index (κ2) is 9.38. The molecular formula is C16H26ClN3O4S. The summed E-state index contributed by atoms with van der Waals surface area (Å²) in [4.78, 5) is 12.6. The number of amides is 1. The van der Waals surface area contributed by atoms with Gasteiger partial charge >= 0.3 is 0 Å². The second-order valence-electron chi connectivity index (χ2n) is 5.90. The van der Waals surface area contributed by atoms with E-state index in [-0.39, 0.29) is 24.1 Å². The van der Waals surface area contributed by atoms with E-state index in [1.807, 2.05) is 0 Å². The van der Waals surface area contributed by atoms with Gasteiger partial charge in [-0.1, -0.05) is 13.0 Å². The van der Waals surface area contributed by atoms with Crippen molar-refractivity contribution in [2.24, 2.45) is 0 Å². The maximum atomic E-state index is 12.6. The molecule has 0 aliphatic carbocycles. The van der Waals surface area contributed by atoms with Crippen LogP contribution in [0.5, 0.6) is 0 Å². The van der Waals surface area contributed by atoms with Crippen molar-refractivity contribution in [1.82, 2.24) is 5.32 Å². The van der Waals surface area contributed by atoms with E-state index in [0.29, 0.717) is 30.6 Å². The monoisotopic (exact) mass is 391 g/mol. The predicted molar refractivity (Wildman–Crippen MR) is 102 cm³/mol. The first-order valence-electron chi connectivity index (χ1n) is 8.09. The standard InChI is InChI=1S/C16H25N3O4S.ClH/c1-3-11-24(21,22)19-14-6-4-5-13(12-14)18-15(20)16(23-2)7-9-17-10-8-16;/h4-6,12,17,19H,3,7-11H2,1-2H3,(H,18,20);1H.